The van der Waals surface area contributed by atoms with Gasteiger partial charge in [-0.1, -0.05) is 147 Å². The van der Waals surface area contributed by atoms with Crippen LogP contribution in [0.4, 0.5) is 0 Å². The molecule has 232 valence electrons. The zero-order chi connectivity index (χ0) is 32.2. The summed E-state index contributed by atoms with van der Waals surface area (Å²) in [6.07, 6.45) is 35.7. The molecule has 0 saturated carbocycles. The van der Waals surface area contributed by atoms with Gasteiger partial charge in [-0.25, -0.2) is 0 Å². The lowest BCUT2D eigenvalue weighted by Crippen LogP contribution is -2.27. The summed E-state index contributed by atoms with van der Waals surface area (Å²) in [5.41, 5.74) is 9.71. The maximum atomic E-state index is 10.1. The van der Waals surface area contributed by atoms with Gasteiger partial charge in [-0.2, -0.15) is 0 Å². The molecule has 2 nitrogen and oxygen atoms in total. The summed E-state index contributed by atoms with van der Waals surface area (Å²) in [6, 6.07) is 0. The molecule has 0 unspecified atom stereocenters. The molecule has 2 heteroatoms. The molecule has 0 aliphatic heterocycles. The highest BCUT2D eigenvalue weighted by Gasteiger charge is 2.31. The minimum atomic E-state index is -0.351. The van der Waals surface area contributed by atoms with Crippen LogP contribution in [-0.4, -0.2) is 22.4 Å². The number of hydrogen-bond donors (Lipinski definition) is 2. The fourth-order valence-electron chi connectivity index (χ4n) is 5.86. The summed E-state index contributed by atoms with van der Waals surface area (Å²) in [4.78, 5) is 0. The van der Waals surface area contributed by atoms with Crippen LogP contribution in [-0.2, 0) is 0 Å². The molecule has 2 rings (SSSR count). The zero-order valence-corrected chi connectivity index (χ0v) is 28.4. The van der Waals surface area contributed by atoms with Crippen molar-refractivity contribution in [3.8, 4) is 0 Å². The molecule has 0 amide bonds. The minimum Gasteiger partial charge on any atom is -0.389 e. The van der Waals surface area contributed by atoms with Crippen LogP contribution in [0.1, 0.15) is 88.5 Å². The van der Waals surface area contributed by atoms with Gasteiger partial charge in [-0.15, -0.1) is 0 Å². The van der Waals surface area contributed by atoms with Crippen molar-refractivity contribution in [3.05, 3.63) is 142 Å². The summed E-state index contributed by atoms with van der Waals surface area (Å²) in [5.74, 6) is 0. The van der Waals surface area contributed by atoms with E-state index in [4.69, 9.17) is 0 Å². The van der Waals surface area contributed by atoms with Gasteiger partial charge in [-0.05, 0) is 93.9 Å². The van der Waals surface area contributed by atoms with Gasteiger partial charge >= 0.3 is 0 Å². The van der Waals surface area contributed by atoms with E-state index < -0.39 is 0 Å². The smallest absolute Gasteiger partial charge is 0.0734 e. The minimum absolute atomic E-state index is 0.0186. The van der Waals surface area contributed by atoms with E-state index in [1.807, 2.05) is 12.2 Å². The maximum Gasteiger partial charge on any atom is 0.0734 e. The second-order valence-electron chi connectivity index (χ2n) is 13.6. The molecule has 2 aliphatic carbocycles. The molecule has 2 aliphatic rings. The summed E-state index contributed by atoms with van der Waals surface area (Å²) in [5, 5.41) is 20.1. The van der Waals surface area contributed by atoms with Gasteiger partial charge in [0.05, 0.1) is 12.2 Å². The van der Waals surface area contributed by atoms with E-state index in [-0.39, 0.29) is 23.0 Å². The Balaban J connectivity index is 1.87. The van der Waals surface area contributed by atoms with Gasteiger partial charge in [0.25, 0.3) is 0 Å². The molecular weight excluding hydrogens is 524 g/mol. The largest absolute Gasteiger partial charge is 0.389 e. The Morgan fingerprint density at radius 1 is 0.651 bits per heavy atom. The SMILES string of the molecule is CC1=C[C@@H](O)CC(C)(C)/C1=C/C=C(C)/C=C/C=C(C)/C=C/C=C/C(C)=C/C/C=C/C(C)=C/C=C1/C(C)=C[C@@H](O)CC1(C)C. The van der Waals surface area contributed by atoms with Crippen molar-refractivity contribution in [1.29, 1.82) is 0 Å². The van der Waals surface area contributed by atoms with Crippen LogP contribution < -0.4 is 0 Å². The Morgan fingerprint density at radius 2 is 1.07 bits per heavy atom. The summed E-state index contributed by atoms with van der Waals surface area (Å²) in [6.45, 7) is 21.4. The lowest BCUT2D eigenvalue weighted by atomic mass is 9.72. The molecule has 0 spiro atoms. The van der Waals surface area contributed by atoms with Crippen molar-refractivity contribution in [1.82, 2.24) is 0 Å². The van der Waals surface area contributed by atoms with E-state index in [1.165, 1.54) is 44.6 Å². The van der Waals surface area contributed by atoms with Gasteiger partial charge in [0.1, 0.15) is 0 Å². The predicted molar refractivity (Wildman–Crippen MR) is 189 cm³/mol. The molecule has 2 N–H and O–H groups in total. The van der Waals surface area contributed by atoms with Crippen LogP contribution in [0.2, 0.25) is 0 Å². The Bertz CT molecular complexity index is 1350. The fraction of sp³-hybridized carbons (Fsp3) is 0.415. The van der Waals surface area contributed by atoms with Crippen LogP contribution in [0.3, 0.4) is 0 Å². The van der Waals surface area contributed by atoms with E-state index in [0.717, 1.165) is 19.3 Å². The number of rotatable bonds is 10. The van der Waals surface area contributed by atoms with Crippen LogP contribution in [0, 0.1) is 10.8 Å². The van der Waals surface area contributed by atoms with Gasteiger partial charge in [-0.3, -0.25) is 0 Å². The summed E-state index contributed by atoms with van der Waals surface area (Å²) < 4.78 is 0. The normalized spacial score (nSPS) is 26.0. The average Bonchev–Trinajstić information content (AvgIpc) is 2.87. The molecule has 0 bridgehead atoms. The summed E-state index contributed by atoms with van der Waals surface area (Å²) >= 11 is 0. The molecular formula is C41H56O2. The quantitative estimate of drug-likeness (QED) is 0.252. The van der Waals surface area contributed by atoms with E-state index in [1.54, 1.807) is 0 Å². The van der Waals surface area contributed by atoms with Gasteiger partial charge in [0.2, 0.25) is 0 Å². The second kappa shape index (κ2) is 16.6. The third-order valence-electron chi connectivity index (χ3n) is 8.16. The molecule has 0 radical (unpaired) electrons. The van der Waals surface area contributed by atoms with Crippen LogP contribution in [0.15, 0.2) is 142 Å². The molecule has 0 heterocycles. The first-order valence-corrected chi connectivity index (χ1v) is 15.7. The number of allylic oxidation sites excluding steroid dienone is 22. The van der Waals surface area contributed by atoms with Gasteiger partial charge in [0.15, 0.2) is 0 Å². The zero-order valence-electron chi connectivity index (χ0n) is 28.4. The monoisotopic (exact) mass is 580 g/mol. The van der Waals surface area contributed by atoms with E-state index >= 15 is 0 Å². The third-order valence-corrected chi connectivity index (χ3v) is 8.16. The lowest BCUT2D eigenvalue weighted by Gasteiger charge is -2.34. The third kappa shape index (κ3) is 12.5. The lowest BCUT2D eigenvalue weighted by molar-refractivity contribution is 0.160. The number of aliphatic hydroxyl groups is 2. The van der Waals surface area contributed by atoms with Gasteiger partial charge in [0, 0.05) is 0 Å². The Labute approximate surface area is 263 Å². The van der Waals surface area contributed by atoms with E-state index in [0.29, 0.717) is 0 Å². The Hall–Kier alpha value is -3.20. The number of hydrogen-bond acceptors (Lipinski definition) is 2. The molecule has 0 aromatic heterocycles. The van der Waals surface area contributed by atoms with Crippen molar-refractivity contribution in [3.63, 3.8) is 0 Å². The maximum absolute atomic E-state index is 10.1. The standard InChI is InChI=1S/C41H56O2/c1-30(17-13-14-19-32(3)22-24-38-34(5)26-36(42)28-40(38,7)8)16-11-12-18-31(2)20-15-21-33(4)23-25-39-35(6)27-37(43)29-41(39,9)10/h11-12,14-27,36-37,42-43H,13,28-29H2,1-10H3/b16-11+,18-12+,19-14+,21-15+,30-17+,31-20+,32-22+,33-23+,38-24-,39-25+/t36-,37-/m1/s1. The second-order valence-corrected chi connectivity index (χ2v) is 13.6. The van der Waals surface area contributed by atoms with Crippen molar-refractivity contribution in [2.24, 2.45) is 10.8 Å². The highest BCUT2D eigenvalue weighted by molar-refractivity contribution is 5.43. The van der Waals surface area contributed by atoms with Gasteiger partial charge < -0.3 is 10.2 Å². The first-order valence-electron chi connectivity index (χ1n) is 15.7. The van der Waals surface area contributed by atoms with Crippen LogP contribution in [0.25, 0.3) is 0 Å². The van der Waals surface area contributed by atoms with Crippen molar-refractivity contribution in [2.45, 2.75) is 101 Å². The average molecular weight is 581 g/mol. The molecule has 0 aromatic rings. The molecule has 2 atom stereocenters. The Morgan fingerprint density at radius 3 is 1.56 bits per heavy atom. The molecule has 0 saturated heterocycles. The van der Waals surface area contributed by atoms with Crippen molar-refractivity contribution in [2.75, 3.05) is 0 Å². The van der Waals surface area contributed by atoms with E-state index in [2.05, 4.69) is 154 Å². The predicted octanol–water partition coefficient (Wildman–Crippen LogP) is 10.7. The Kier molecular flexibility index (Phi) is 13.9. The molecule has 0 aromatic carbocycles. The summed E-state index contributed by atoms with van der Waals surface area (Å²) in [7, 11) is 0. The fourth-order valence-corrected chi connectivity index (χ4v) is 5.86. The first-order chi connectivity index (χ1) is 20.1. The van der Waals surface area contributed by atoms with Crippen LogP contribution in [0.5, 0.6) is 0 Å². The molecule has 0 fully saturated rings. The number of aliphatic hydroxyl groups excluding tert-OH is 2. The topological polar surface area (TPSA) is 40.5 Å². The van der Waals surface area contributed by atoms with Crippen LogP contribution >= 0.6 is 0 Å². The van der Waals surface area contributed by atoms with E-state index in [9.17, 15) is 10.2 Å². The highest BCUT2D eigenvalue weighted by atomic mass is 16.3. The first kappa shape index (κ1) is 36.0. The molecule has 43 heavy (non-hydrogen) atoms. The highest BCUT2D eigenvalue weighted by Crippen LogP contribution is 2.41. The van der Waals surface area contributed by atoms with Crippen molar-refractivity contribution >= 4 is 0 Å². The van der Waals surface area contributed by atoms with Crippen molar-refractivity contribution < 1.29 is 10.2 Å².